The van der Waals surface area contributed by atoms with E-state index >= 15 is 0 Å². The predicted octanol–water partition coefficient (Wildman–Crippen LogP) is 3.38. The number of aliphatic carboxylic acids is 1. The Kier molecular flexibility index (Phi) is 5.56. The second-order valence-electron chi connectivity index (χ2n) is 5.39. The molecule has 1 aliphatic heterocycles. The topological polar surface area (TPSA) is 57.6 Å². The number of amides is 1. The molecule has 1 unspecified atom stereocenters. The number of carboxylic acids is 1. The van der Waals surface area contributed by atoms with E-state index in [0.717, 1.165) is 41.6 Å². The Morgan fingerprint density at radius 1 is 1.48 bits per heavy atom. The molecule has 21 heavy (non-hydrogen) atoms. The van der Waals surface area contributed by atoms with Crippen molar-refractivity contribution in [3.05, 3.63) is 28.0 Å². The lowest BCUT2D eigenvalue weighted by Crippen LogP contribution is -2.29. The van der Waals surface area contributed by atoms with Crippen molar-refractivity contribution >= 4 is 29.3 Å². The van der Waals surface area contributed by atoms with Crippen molar-refractivity contribution in [3.8, 4) is 0 Å². The zero-order valence-corrected chi connectivity index (χ0v) is 13.1. The second-order valence-corrected chi connectivity index (χ2v) is 6.59. The highest BCUT2D eigenvalue weighted by molar-refractivity contribution is 7.12. The molecule has 114 valence electrons. The van der Waals surface area contributed by atoms with Crippen molar-refractivity contribution in [1.29, 1.82) is 0 Å². The molecule has 5 heteroatoms. The lowest BCUT2D eigenvalue weighted by Gasteiger charge is -2.19. The van der Waals surface area contributed by atoms with Crippen LogP contribution in [0.4, 0.5) is 0 Å². The maximum atomic E-state index is 12.1. The summed E-state index contributed by atoms with van der Waals surface area (Å²) in [4.78, 5) is 26.6. The maximum absolute atomic E-state index is 12.1. The zero-order valence-electron chi connectivity index (χ0n) is 12.2. The summed E-state index contributed by atoms with van der Waals surface area (Å²) in [6, 6.07) is 3.87. The molecule has 0 radical (unpaired) electrons. The smallest absolute Gasteiger partial charge is 0.328 e. The summed E-state index contributed by atoms with van der Waals surface area (Å²) in [5.41, 5.74) is 0. The molecule has 2 heterocycles. The van der Waals surface area contributed by atoms with Gasteiger partial charge in [0.05, 0.1) is 6.54 Å². The van der Waals surface area contributed by atoms with Gasteiger partial charge in [0.25, 0.3) is 0 Å². The zero-order chi connectivity index (χ0) is 15.2. The SMILES string of the molecule is CCC1CCC(=O)N(Cc2ccc(C=CC(=O)O)s2)CC1. The molecule has 1 saturated heterocycles. The van der Waals surface area contributed by atoms with Crippen LogP contribution < -0.4 is 0 Å². The van der Waals surface area contributed by atoms with E-state index in [1.807, 2.05) is 17.0 Å². The fourth-order valence-electron chi connectivity index (χ4n) is 2.58. The van der Waals surface area contributed by atoms with Gasteiger partial charge in [-0.05, 0) is 37.0 Å². The highest BCUT2D eigenvalue weighted by Gasteiger charge is 2.21. The van der Waals surface area contributed by atoms with Crippen molar-refractivity contribution in [3.63, 3.8) is 0 Å². The van der Waals surface area contributed by atoms with Crippen molar-refractivity contribution in [2.75, 3.05) is 6.54 Å². The van der Waals surface area contributed by atoms with Gasteiger partial charge in [0.1, 0.15) is 0 Å². The van der Waals surface area contributed by atoms with E-state index in [1.54, 1.807) is 6.08 Å². The lowest BCUT2D eigenvalue weighted by atomic mass is 9.98. The van der Waals surface area contributed by atoms with Crippen molar-refractivity contribution in [1.82, 2.24) is 4.90 Å². The summed E-state index contributed by atoms with van der Waals surface area (Å²) >= 11 is 1.54. The number of carbonyl (C=O) groups excluding carboxylic acids is 1. The summed E-state index contributed by atoms with van der Waals surface area (Å²) in [7, 11) is 0. The van der Waals surface area contributed by atoms with Gasteiger partial charge in [0, 0.05) is 28.8 Å². The monoisotopic (exact) mass is 307 g/mol. The summed E-state index contributed by atoms with van der Waals surface area (Å²) in [6.45, 7) is 3.65. The van der Waals surface area contributed by atoms with E-state index in [0.29, 0.717) is 18.9 Å². The van der Waals surface area contributed by atoms with E-state index in [9.17, 15) is 9.59 Å². The van der Waals surface area contributed by atoms with Crippen LogP contribution in [-0.4, -0.2) is 28.4 Å². The van der Waals surface area contributed by atoms with Gasteiger partial charge < -0.3 is 10.0 Å². The van der Waals surface area contributed by atoms with Crippen LogP contribution in [0, 0.1) is 5.92 Å². The summed E-state index contributed by atoms with van der Waals surface area (Å²) < 4.78 is 0. The molecular weight excluding hydrogens is 286 g/mol. The first-order chi connectivity index (χ1) is 10.1. The first-order valence-corrected chi connectivity index (χ1v) is 8.17. The van der Waals surface area contributed by atoms with Crippen molar-refractivity contribution < 1.29 is 14.7 Å². The van der Waals surface area contributed by atoms with E-state index in [1.165, 1.54) is 11.3 Å². The van der Waals surface area contributed by atoms with Gasteiger partial charge in [-0.1, -0.05) is 13.3 Å². The number of thiophene rings is 1. The third-order valence-corrected chi connectivity index (χ3v) is 4.96. The van der Waals surface area contributed by atoms with Crippen molar-refractivity contribution in [2.24, 2.45) is 5.92 Å². The number of carbonyl (C=O) groups is 2. The summed E-state index contributed by atoms with van der Waals surface area (Å²) in [5, 5.41) is 8.62. The Balaban J connectivity index is 1.97. The Morgan fingerprint density at radius 3 is 3.00 bits per heavy atom. The third-order valence-electron chi connectivity index (χ3n) is 3.92. The van der Waals surface area contributed by atoms with Crippen LogP contribution in [-0.2, 0) is 16.1 Å². The van der Waals surface area contributed by atoms with Gasteiger partial charge in [-0.2, -0.15) is 0 Å². The second kappa shape index (κ2) is 7.41. The fraction of sp³-hybridized carbons (Fsp3) is 0.500. The molecule has 1 fully saturated rings. The minimum Gasteiger partial charge on any atom is -0.478 e. The number of rotatable bonds is 5. The van der Waals surface area contributed by atoms with E-state index in [-0.39, 0.29) is 5.91 Å². The molecule has 1 amide bonds. The molecular formula is C16H21NO3S. The average molecular weight is 307 g/mol. The number of carboxylic acid groups (broad SMARTS) is 1. The lowest BCUT2D eigenvalue weighted by molar-refractivity contribution is -0.132. The first kappa shape index (κ1) is 15.8. The Bertz CT molecular complexity index is 535. The Hall–Kier alpha value is -1.62. The molecule has 0 bridgehead atoms. The summed E-state index contributed by atoms with van der Waals surface area (Å²) in [5.74, 6) is -0.0448. The number of likely N-dealkylation sites (tertiary alicyclic amines) is 1. The van der Waals surface area contributed by atoms with Crippen molar-refractivity contribution in [2.45, 2.75) is 39.2 Å². The average Bonchev–Trinajstić information content (AvgIpc) is 2.83. The largest absolute Gasteiger partial charge is 0.478 e. The van der Waals surface area contributed by atoms with E-state index in [4.69, 9.17) is 5.11 Å². The minimum absolute atomic E-state index is 0.238. The van der Waals surface area contributed by atoms with Gasteiger partial charge in [0.15, 0.2) is 0 Å². The molecule has 0 aliphatic carbocycles. The molecule has 4 nitrogen and oxygen atoms in total. The molecule has 2 rings (SSSR count). The normalized spacial score (nSPS) is 20.0. The van der Waals surface area contributed by atoms with E-state index < -0.39 is 5.97 Å². The molecule has 0 saturated carbocycles. The standard InChI is InChI=1S/C16H21NO3S/c1-2-12-3-7-15(18)17(10-9-12)11-14-5-4-13(21-14)6-8-16(19)20/h4-6,8,12H,2-3,7,9-11H2,1H3,(H,19,20). The van der Waals surface area contributed by atoms with Crippen LogP contribution >= 0.6 is 11.3 Å². The molecule has 1 aliphatic rings. The van der Waals surface area contributed by atoms with Gasteiger partial charge in [-0.3, -0.25) is 4.79 Å². The van der Waals surface area contributed by atoms with Gasteiger partial charge in [-0.15, -0.1) is 11.3 Å². The molecule has 1 N–H and O–H groups in total. The van der Waals surface area contributed by atoms with E-state index in [2.05, 4.69) is 6.92 Å². The fourth-order valence-corrected chi connectivity index (χ4v) is 3.51. The number of nitrogens with zero attached hydrogens (tertiary/aromatic N) is 1. The van der Waals surface area contributed by atoms with Crippen LogP contribution in [0.2, 0.25) is 0 Å². The van der Waals surface area contributed by atoms with Crippen LogP contribution in [0.25, 0.3) is 6.08 Å². The third kappa shape index (κ3) is 4.70. The minimum atomic E-state index is -0.946. The maximum Gasteiger partial charge on any atom is 0.328 e. The highest BCUT2D eigenvalue weighted by Crippen LogP contribution is 2.24. The molecule has 1 aromatic heterocycles. The van der Waals surface area contributed by atoms with Crippen LogP contribution in [0.15, 0.2) is 18.2 Å². The molecule has 0 aromatic carbocycles. The van der Waals surface area contributed by atoms with Gasteiger partial charge in [-0.25, -0.2) is 4.79 Å². The van der Waals surface area contributed by atoms with Crippen LogP contribution in [0.1, 0.15) is 42.4 Å². The molecule has 1 atom stereocenters. The molecule has 1 aromatic rings. The Labute approximate surface area is 129 Å². The van der Waals surface area contributed by atoms with Gasteiger partial charge in [0.2, 0.25) is 5.91 Å². The molecule has 0 spiro atoms. The predicted molar refractivity (Wildman–Crippen MR) is 84.0 cm³/mol. The summed E-state index contributed by atoms with van der Waals surface area (Å²) in [6.07, 6.45) is 6.61. The van der Waals surface area contributed by atoms with Gasteiger partial charge >= 0.3 is 5.97 Å². The Morgan fingerprint density at radius 2 is 2.29 bits per heavy atom. The quantitative estimate of drug-likeness (QED) is 0.848. The van der Waals surface area contributed by atoms with Crippen LogP contribution in [0.3, 0.4) is 0 Å². The number of hydrogen-bond donors (Lipinski definition) is 1. The first-order valence-electron chi connectivity index (χ1n) is 7.36. The number of hydrogen-bond acceptors (Lipinski definition) is 3. The van der Waals surface area contributed by atoms with Crippen LogP contribution in [0.5, 0.6) is 0 Å². The highest BCUT2D eigenvalue weighted by atomic mass is 32.1.